The van der Waals surface area contributed by atoms with Gasteiger partial charge in [-0.25, -0.2) is 13.1 Å². The Kier molecular flexibility index (Phi) is 13.2. The number of benzene rings is 1. The quantitative estimate of drug-likeness (QED) is 0.292. The van der Waals surface area contributed by atoms with Crippen LogP contribution in [0.2, 0.25) is 0 Å². The van der Waals surface area contributed by atoms with Crippen LogP contribution in [-0.4, -0.2) is 86.8 Å². The molecule has 1 saturated heterocycles. The van der Waals surface area contributed by atoms with Gasteiger partial charge in [-0.15, -0.1) is 0 Å². The number of carbonyl (C=O) groups is 4. The number of halogens is 3. The number of sulfonamides is 1. The zero-order valence-corrected chi connectivity index (χ0v) is 27.5. The van der Waals surface area contributed by atoms with Gasteiger partial charge in [-0.1, -0.05) is 46.6 Å². The van der Waals surface area contributed by atoms with Crippen molar-refractivity contribution in [3.05, 3.63) is 35.9 Å². The van der Waals surface area contributed by atoms with Gasteiger partial charge < -0.3 is 15.5 Å². The summed E-state index contributed by atoms with van der Waals surface area (Å²) >= 11 is 0. The van der Waals surface area contributed by atoms with Gasteiger partial charge in [0.1, 0.15) is 6.04 Å². The third-order valence-electron chi connectivity index (χ3n) is 8.01. The van der Waals surface area contributed by atoms with Crippen LogP contribution in [0.25, 0.3) is 0 Å². The Morgan fingerprint density at radius 2 is 1.69 bits per heavy atom. The van der Waals surface area contributed by atoms with Gasteiger partial charge in [0.25, 0.3) is 15.9 Å². The molecule has 1 aromatic carbocycles. The number of hydrogen-bond donors (Lipinski definition) is 3. The van der Waals surface area contributed by atoms with Crippen LogP contribution in [0.3, 0.4) is 0 Å². The summed E-state index contributed by atoms with van der Waals surface area (Å²) in [4.78, 5) is 54.0. The molecular formula is C30H44F3N5O6S. The summed E-state index contributed by atoms with van der Waals surface area (Å²) in [6, 6.07) is 2.03. The summed E-state index contributed by atoms with van der Waals surface area (Å²) in [5.74, 6) is -4.12. The van der Waals surface area contributed by atoms with E-state index in [0.29, 0.717) is 12.8 Å². The second kappa shape index (κ2) is 15.7. The predicted molar refractivity (Wildman–Crippen MR) is 163 cm³/mol. The van der Waals surface area contributed by atoms with Gasteiger partial charge in [-0.3, -0.25) is 24.1 Å². The molecule has 0 radical (unpaired) electrons. The molecule has 1 aliphatic rings. The third-order valence-corrected chi connectivity index (χ3v) is 9.36. The first-order valence-electron chi connectivity index (χ1n) is 14.8. The zero-order valence-electron chi connectivity index (χ0n) is 26.7. The number of carbonyl (C=O) groups excluding carboxylic acids is 4. The highest BCUT2D eigenvalue weighted by Gasteiger charge is 2.39. The molecule has 1 heterocycles. The molecule has 0 saturated carbocycles. The summed E-state index contributed by atoms with van der Waals surface area (Å²) in [5, 5.41) is 4.57. The van der Waals surface area contributed by atoms with Crippen molar-refractivity contribution < 1.29 is 40.8 Å². The molecule has 1 aliphatic heterocycles. The average Bonchev–Trinajstić information content (AvgIpc) is 2.96. The number of nitrogens with one attached hydrogen (secondary N) is 3. The SMILES string of the molecule is CCC(C)C(NC(=O)C1CCCCN1C)C(=O)N(C)C(C=C(C)C(=O)NS(=O)(=O)c1ccc(NC(=O)C(F)(F)F)cc1)C(C)C. The largest absolute Gasteiger partial charge is 0.471 e. The number of likely N-dealkylation sites (N-methyl/N-ethyl adjacent to an activating group) is 2. The van der Waals surface area contributed by atoms with E-state index in [1.807, 2.05) is 44.4 Å². The maximum Gasteiger partial charge on any atom is 0.471 e. The minimum atomic E-state index is -5.12. The molecule has 15 heteroatoms. The van der Waals surface area contributed by atoms with E-state index in [0.717, 1.165) is 43.7 Å². The number of likely N-dealkylation sites (tertiary alicyclic amines) is 1. The fraction of sp³-hybridized carbons (Fsp3) is 0.600. The fourth-order valence-corrected chi connectivity index (χ4v) is 5.99. The van der Waals surface area contributed by atoms with Crippen LogP contribution in [0.4, 0.5) is 18.9 Å². The van der Waals surface area contributed by atoms with Crippen LogP contribution in [0, 0.1) is 11.8 Å². The van der Waals surface area contributed by atoms with Crippen molar-refractivity contribution in [3.8, 4) is 0 Å². The first-order chi connectivity index (χ1) is 20.8. The van der Waals surface area contributed by atoms with Crippen LogP contribution in [0.1, 0.15) is 60.3 Å². The number of rotatable bonds is 12. The minimum absolute atomic E-state index is 0.000980. The molecule has 4 atom stereocenters. The second-order valence-electron chi connectivity index (χ2n) is 11.8. The molecule has 0 spiro atoms. The highest BCUT2D eigenvalue weighted by atomic mass is 32.2. The molecule has 1 aromatic rings. The molecule has 252 valence electrons. The summed E-state index contributed by atoms with van der Waals surface area (Å²) in [6.07, 6.45) is -0.384. The van der Waals surface area contributed by atoms with E-state index in [1.165, 1.54) is 17.9 Å². The van der Waals surface area contributed by atoms with E-state index >= 15 is 0 Å². The van der Waals surface area contributed by atoms with Gasteiger partial charge in [0.2, 0.25) is 11.8 Å². The lowest BCUT2D eigenvalue weighted by Gasteiger charge is -2.36. The van der Waals surface area contributed by atoms with Crippen LogP contribution >= 0.6 is 0 Å². The number of alkyl halides is 3. The van der Waals surface area contributed by atoms with Crippen molar-refractivity contribution >= 4 is 39.3 Å². The van der Waals surface area contributed by atoms with Crippen molar-refractivity contribution in [2.75, 3.05) is 26.0 Å². The summed E-state index contributed by atoms with van der Waals surface area (Å²) in [6.45, 7) is 9.65. The maximum absolute atomic E-state index is 13.8. The third kappa shape index (κ3) is 10.3. The van der Waals surface area contributed by atoms with Gasteiger partial charge in [-0.05, 0) is 69.5 Å². The smallest absolute Gasteiger partial charge is 0.343 e. The van der Waals surface area contributed by atoms with E-state index in [2.05, 4.69) is 5.32 Å². The lowest BCUT2D eigenvalue weighted by molar-refractivity contribution is -0.167. The molecule has 3 N–H and O–H groups in total. The molecule has 2 rings (SSSR count). The summed E-state index contributed by atoms with van der Waals surface area (Å²) in [5.41, 5.74) is -0.289. The second-order valence-corrected chi connectivity index (χ2v) is 13.5. The summed E-state index contributed by atoms with van der Waals surface area (Å²) in [7, 11) is -0.981. The topological polar surface area (TPSA) is 145 Å². The molecular weight excluding hydrogens is 615 g/mol. The Balaban J connectivity index is 2.20. The van der Waals surface area contributed by atoms with Crippen molar-refractivity contribution in [2.24, 2.45) is 11.8 Å². The molecule has 1 fully saturated rings. The maximum atomic E-state index is 13.8. The normalized spacial score (nSPS) is 18.5. The Morgan fingerprint density at radius 1 is 1.09 bits per heavy atom. The molecule has 4 unspecified atom stereocenters. The van der Waals surface area contributed by atoms with Gasteiger partial charge in [-0.2, -0.15) is 13.2 Å². The molecule has 0 aromatic heterocycles. The van der Waals surface area contributed by atoms with E-state index < -0.39 is 45.0 Å². The first kappa shape index (κ1) is 37.7. The molecule has 0 bridgehead atoms. The zero-order chi connectivity index (χ0) is 34.3. The average molecular weight is 660 g/mol. The standard InChI is InChI=1S/C30H44F3N5O6S/c1-8-19(4)25(35-27(40)23-11-9-10-16-37(23)6)28(41)38(7)24(18(2)3)17-20(5)26(39)36-45(43,44)22-14-12-21(13-15-22)34-29(42)30(31,32)33/h12-15,17-19,23-25H,8-11,16H2,1-7H3,(H,34,42)(H,35,40)(H,36,39). The molecule has 4 amide bonds. The monoisotopic (exact) mass is 659 g/mol. The molecule has 11 nitrogen and oxygen atoms in total. The number of hydrogen-bond acceptors (Lipinski definition) is 7. The van der Waals surface area contributed by atoms with Crippen molar-refractivity contribution in [1.82, 2.24) is 19.8 Å². The van der Waals surface area contributed by atoms with Crippen molar-refractivity contribution in [1.29, 1.82) is 0 Å². The van der Waals surface area contributed by atoms with Crippen molar-refractivity contribution in [2.45, 2.75) is 89.5 Å². The number of anilines is 1. The Morgan fingerprint density at radius 3 is 2.20 bits per heavy atom. The van der Waals surface area contributed by atoms with Gasteiger partial charge >= 0.3 is 12.1 Å². The lowest BCUT2D eigenvalue weighted by atomic mass is 9.94. The number of nitrogens with zero attached hydrogens (tertiary/aromatic N) is 2. The number of amides is 4. The van der Waals surface area contributed by atoms with E-state index in [9.17, 15) is 40.8 Å². The summed E-state index contributed by atoms with van der Waals surface area (Å²) < 4.78 is 65.0. The van der Waals surface area contributed by atoms with E-state index in [4.69, 9.17) is 0 Å². The molecule has 0 aliphatic carbocycles. The number of piperidine rings is 1. The lowest BCUT2D eigenvalue weighted by Crippen LogP contribution is -2.57. The van der Waals surface area contributed by atoms with Crippen LogP contribution in [0.15, 0.2) is 40.8 Å². The minimum Gasteiger partial charge on any atom is -0.343 e. The van der Waals surface area contributed by atoms with E-state index in [1.54, 1.807) is 12.4 Å². The highest BCUT2D eigenvalue weighted by Crippen LogP contribution is 2.22. The van der Waals surface area contributed by atoms with E-state index in [-0.39, 0.29) is 41.0 Å². The first-order valence-corrected chi connectivity index (χ1v) is 16.3. The van der Waals surface area contributed by atoms with Gasteiger partial charge in [0, 0.05) is 18.3 Å². The molecule has 45 heavy (non-hydrogen) atoms. The Bertz CT molecular complexity index is 1360. The van der Waals surface area contributed by atoms with Crippen LogP contribution in [0.5, 0.6) is 0 Å². The van der Waals surface area contributed by atoms with Crippen LogP contribution in [-0.2, 0) is 29.2 Å². The van der Waals surface area contributed by atoms with Crippen LogP contribution < -0.4 is 15.4 Å². The fourth-order valence-electron chi connectivity index (χ4n) is 4.97. The Hall–Kier alpha value is -3.46. The van der Waals surface area contributed by atoms with Gasteiger partial charge in [0.05, 0.1) is 17.0 Å². The Labute approximate surface area is 263 Å². The van der Waals surface area contributed by atoms with Crippen molar-refractivity contribution in [3.63, 3.8) is 0 Å². The highest BCUT2D eigenvalue weighted by molar-refractivity contribution is 7.90. The predicted octanol–water partition coefficient (Wildman–Crippen LogP) is 3.44. The van der Waals surface area contributed by atoms with Gasteiger partial charge in [0.15, 0.2) is 0 Å².